The molecule has 1 fully saturated rings. The molecular formula is C15H15N5. The van der Waals surface area contributed by atoms with Crippen LogP contribution in [-0.2, 0) is 0 Å². The molecule has 1 saturated carbocycles. The first-order chi connectivity index (χ1) is 9.83. The lowest BCUT2D eigenvalue weighted by atomic mass is 10.2. The fraction of sp³-hybridized carbons (Fsp3) is 0.267. The Kier molecular flexibility index (Phi) is 2.45. The molecule has 0 unspecified atom stereocenters. The van der Waals surface area contributed by atoms with Crippen LogP contribution in [0.2, 0.25) is 0 Å². The van der Waals surface area contributed by atoms with E-state index in [1.807, 2.05) is 35.0 Å². The third-order valence-corrected chi connectivity index (χ3v) is 3.78. The van der Waals surface area contributed by atoms with E-state index in [-0.39, 0.29) is 0 Å². The smallest absolute Gasteiger partial charge is 0.154 e. The van der Waals surface area contributed by atoms with Gasteiger partial charge in [0.15, 0.2) is 5.65 Å². The maximum absolute atomic E-state index is 4.73. The Hall–Kier alpha value is -2.43. The minimum Gasteiger partial charge on any atom is -0.355 e. The molecule has 0 aliphatic heterocycles. The topological polar surface area (TPSA) is 46.3 Å². The Bertz CT molecular complexity index is 745. The van der Waals surface area contributed by atoms with Gasteiger partial charge in [-0.1, -0.05) is 0 Å². The van der Waals surface area contributed by atoms with Crippen molar-refractivity contribution in [3.05, 3.63) is 42.9 Å². The summed E-state index contributed by atoms with van der Waals surface area (Å²) in [6, 6.07) is 8.65. The molecule has 3 aromatic heterocycles. The lowest BCUT2D eigenvalue weighted by molar-refractivity contribution is 0.840. The van der Waals surface area contributed by atoms with Crippen molar-refractivity contribution < 1.29 is 0 Å². The summed E-state index contributed by atoms with van der Waals surface area (Å²) < 4.78 is 1.91. The molecule has 4 rings (SSSR count). The number of aromatic nitrogens is 4. The molecule has 0 radical (unpaired) electrons. The van der Waals surface area contributed by atoms with Gasteiger partial charge in [-0.3, -0.25) is 4.98 Å². The van der Waals surface area contributed by atoms with Gasteiger partial charge >= 0.3 is 0 Å². The molecule has 0 N–H and O–H groups in total. The first-order valence-electron chi connectivity index (χ1n) is 6.81. The van der Waals surface area contributed by atoms with Crippen molar-refractivity contribution in [3.63, 3.8) is 0 Å². The van der Waals surface area contributed by atoms with Crippen LogP contribution in [0.3, 0.4) is 0 Å². The van der Waals surface area contributed by atoms with Gasteiger partial charge in [0.1, 0.15) is 5.82 Å². The van der Waals surface area contributed by atoms with E-state index in [9.17, 15) is 0 Å². The highest BCUT2D eigenvalue weighted by Crippen LogP contribution is 2.29. The van der Waals surface area contributed by atoms with E-state index in [0.29, 0.717) is 6.04 Å². The largest absolute Gasteiger partial charge is 0.355 e. The average molecular weight is 265 g/mol. The SMILES string of the molecule is CN(c1ccc2ncc(-c3ccncc3)n2n1)C1CC1. The van der Waals surface area contributed by atoms with Crippen molar-refractivity contribution in [1.29, 1.82) is 0 Å². The third kappa shape index (κ3) is 1.82. The summed E-state index contributed by atoms with van der Waals surface area (Å²) in [5, 5.41) is 4.73. The molecule has 20 heavy (non-hydrogen) atoms. The van der Waals surface area contributed by atoms with E-state index < -0.39 is 0 Å². The second kappa shape index (κ2) is 4.30. The molecule has 0 aromatic carbocycles. The maximum atomic E-state index is 4.73. The first-order valence-corrected chi connectivity index (χ1v) is 6.81. The van der Waals surface area contributed by atoms with E-state index in [4.69, 9.17) is 5.10 Å². The van der Waals surface area contributed by atoms with Gasteiger partial charge in [-0.05, 0) is 37.1 Å². The summed E-state index contributed by atoms with van der Waals surface area (Å²) in [7, 11) is 2.11. The van der Waals surface area contributed by atoms with Crippen LogP contribution in [0, 0.1) is 0 Å². The van der Waals surface area contributed by atoms with E-state index in [2.05, 4.69) is 21.9 Å². The fourth-order valence-corrected chi connectivity index (χ4v) is 2.42. The molecule has 3 heterocycles. The van der Waals surface area contributed by atoms with Crippen LogP contribution in [0.1, 0.15) is 12.8 Å². The predicted octanol–water partition coefficient (Wildman–Crippen LogP) is 2.39. The highest BCUT2D eigenvalue weighted by Gasteiger charge is 2.27. The number of pyridine rings is 1. The summed E-state index contributed by atoms with van der Waals surface area (Å²) in [5.41, 5.74) is 2.93. The van der Waals surface area contributed by atoms with Gasteiger partial charge in [-0.25, -0.2) is 9.50 Å². The van der Waals surface area contributed by atoms with Crippen molar-refractivity contribution in [2.75, 3.05) is 11.9 Å². The van der Waals surface area contributed by atoms with Crippen LogP contribution < -0.4 is 4.90 Å². The Labute approximate surface area is 116 Å². The van der Waals surface area contributed by atoms with Crippen molar-refractivity contribution in [2.24, 2.45) is 0 Å². The predicted molar refractivity (Wildman–Crippen MR) is 77.6 cm³/mol. The summed E-state index contributed by atoms with van der Waals surface area (Å²) in [4.78, 5) is 10.7. The number of hydrogen-bond acceptors (Lipinski definition) is 4. The van der Waals surface area contributed by atoms with Gasteiger partial charge in [0.05, 0.1) is 11.9 Å². The van der Waals surface area contributed by atoms with Gasteiger partial charge in [0.2, 0.25) is 0 Å². The van der Waals surface area contributed by atoms with Crippen molar-refractivity contribution in [3.8, 4) is 11.3 Å². The quantitative estimate of drug-likeness (QED) is 0.729. The number of imidazole rings is 1. The molecule has 5 heteroatoms. The summed E-state index contributed by atoms with van der Waals surface area (Å²) in [6.07, 6.45) is 7.96. The zero-order chi connectivity index (χ0) is 13.5. The van der Waals surface area contributed by atoms with Gasteiger partial charge in [0, 0.05) is 31.0 Å². The average Bonchev–Trinajstić information content (AvgIpc) is 3.26. The third-order valence-electron chi connectivity index (χ3n) is 3.78. The fourth-order valence-electron chi connectivity index (χ4n) is 2.42. The van der Waals surface area contributed by atoms with Crippen LogP contribution >= 0.6 is 0 Å². The van der Waals surface area contributed by atoms with Crippen molar-refractivity contribution in [2.45, 2.75) is 18.9 Å². The molecular weight excluding hydrogens is 250 g/mol. The Morgan fingerprint density at radius 1 is 1.15 bits per heavy atom. The lowest BCUT2D eigenvalue weighted by Crippen LogP contribution is -2.21. The van der Waals surface area contributed by atoms with E-state index in [1.54, 1.807) is 12.4 Å². The summed E-state index contributed by atoms with van der Waals surface area (Å²) in [5.74, 6) is 0.994. The molecule has 0 bridgehead atoms. The van der Waals surface area contributed by atoms with E-state index in [1.165, 1.54) is 12.8 Å². The number of hydrogen-bond donors (Lipinski definition) is 0. The van der Waals surface area contributed by atoms with E-state index in [0.717, 1.165) is 22.7 Å². The molecule has 3 aromatic rings. The van der Waals surface area contributed by atoms with Gasteiger partial charge < -0.3 is 4.90 Å². The zero-order valence-electron chi connectivity index (χ0n) is 11.3. The van der Waals surface area contributed by atoms with Crippen molar-refractivity contribution in [1.82, 2.24) is 19.6 Å². The second-order valence-corrected chi connectivity index (χ2v) is 5.18. The lowest BCUT2D eigenvalue weighted by Gasteiger charge is -2.17. The van der Waals surface area contributed by atoms with Crippen LogP contribution in [0.25, 0.3) is 16.9 Å². The molecule has 1 aliphatic carbocycles. The van der Waals surface area contributed by atoms with E-state index >= 15 is 0 Å². The minimum absolute atomic E-state index is 0.646. The second-order valence-electron chi connectivity index (χ2n) is 5.18. The zero-order valence-corrected chi connectivity index (χ0v) is 11.3. The molecule has 1 aliphatic rings. The Balaban J connectivity index is 1.84. The Morgan fingerprint density at radius 2 is 1.95 bits per heavy atom. The first kappa shape index (κ1) is 11.4. The van der Waals surface area contributed by atoms with Crippen molar-refractivity contribution >= 4 is 11.5 Å². The molecule has 0 spiro atoms. The summed E-state index contributed by atoms with van der Waals surface area (Å²) in [6.45, 7) is 0. The molecule has 0 amide bonds. The van der Waals surface area contributed by atoms with Gasteiger partial charge in [-0.15, -0.1) is 5.10 Å². The monoisotopic (exact) mass is 265 g/mol. The van der Waals surface area contributed by atoms with Crippen LogP contribution in [0.4, 0.5) is 5.82 Å². The number of fused-ring (bicyclic) bond motifs is 1. The highest BCUT2D eigenvalue weighted by molar-refractivity contribution is 5.63. The molecule has 100 valence electrons. The minimum atomic E-state index is 0.646. The molecule has 5 nitrogen and oxygen atoms in total. The molecule has 0 saturated heterocycles. The number of anilines is 1. The standard InChI is InChI=1S/C15H15N5/c1-19(12-2-3-12)15-5-4-14-17-10-13(20(14)18-15)11-6-8-16-9-7-11/h4-10,12H,2-3H2,1H3. The summed E-state index contributed by atoms with van der Waals surface area (Å²) >= 11 is 0. The highest BCUT2D eigenvalue weighted by atomic mass is 15.3. The Morgan fingerprint density at radius 3 is 2.70 bits per heavy atom. The number of nitrogens with zero attached hydrogens (tertiary/aromatic N) is 5. The molecule has 0 atom stereocenters. The van der Waals surface area contributed by atoms with Crippen LogP contribution in [-0.4, -0.2) is 32.7 Å². The normalized spacial score (nSPS) is 14.7. The maximum Gasteiger partial charge on any atom is 0.154 e. The van der Waals surface area contributed by atoms with Crippen LogP contribution in [0.15, 0.2) is 42.9 Å². The van der Waals surface area contributed by atoms with Crippen LogP contribution in [0.5, 0.6) is 0 Å². The van der Waals surface area contributed by atoms with Gasteiger partial charge in [-0.2, -0.15) is 0 Å². The number of rotatable bonds is 3. The van der Waals surface area contributed by atoms with Gasteiger partial charge in [0.25, 0.3) is 0 Å².